The molecule has 2 rings (SSSR count). The van der Waals surface area contributed by atoms with Gasteiger partial charge in [-0.25, -0.2) is 0 Å². The van der Waals surface area contributed by atoms with Crippen LogP contribution in [-0.2, 0) is 9.53 Å². The molecule has 1 spiro atoms. The lowest BCUT2D eigenvalue weighted by molar-refractivity contribution is -0.188. The Balaban J connectivity index is 2.15. The lowest BCUT2D eigenvalue weighted by Gasteiger charge is -2.56. The summed E-state index contributed by atoms with van der Waals surface area (Å²) in [6.45, 7) is 1.97. The van der Waals surface area contributed by atoms with Crippen LogP contribution in [0, 0.1) is 11.3 Å². The molecule has 0 aromatic carbocycles. The number of carbonyl (C=O) groups is 1. The first kappa shape index (κ1) is 7.29. The SMILES string of the molecule is CO[C@@H]1[C@@H](C)C(=O)C12CCC2. The minimum atomic E-state index is -0.0197. The zero-order valence-electron chi connectivity index (χ0n) is 7.09. The Labute approximate surface area is 66.9 Å². The maximum Gasteiger partial charge on any atom is 0.147 e. The first-order valence-electron chi connectivity index (χ1n) is 4.29. The van der Waals surface area contributed by atoms with Crippen molar-refractivity contribution in [1.29, 1.82) is 0 Å². The topological polar surface area (TPSA) is 26.3 Å². The molecule has 2 atom stereocenters. The Bertz CT molecular complexity index is 194. The van der Waals surface area contributed by atoms with E-state index in [9.17, 15) is 4.79 Å². The predicted octanol–water partition coefficient (Wildman–Crippen LogP) is 1.39. The Hall–Kier alpha value is -0.370. The van der Waals surface area contributed by atoms with Gasteiger partial charge in [-0.15, -0.1) is 0 Å². The van der Waals surface area contributed by atoms with Crippen LogP contribution >= 0.6 is 0 Å². The summed E-state index contributed by atoms with van der Waals surface area (Å²) in [4.78, 5) is 11.5. The van der Waals surface area contributed by atoms with Crippen molar-refractivity contribution in [2.24, 2.45) is 11.3 Å². The zero-order valence-corrected chi connectivity index (χ0v) is 7.09. The summed E-state index contributed by atoms with van der Waals surface area (Å²) in [7, 11) is 1.72. The monoisotopic (exact) mass is 154 g/mol. The van der Waals surface area contributed by atoms with Gasteiger partial charge in [0.25, 0.3) is 0 Å². The number of hydrogen-bond acceptors (Lipinski definition) is 2. The van der Waals surface area contributed by atoms with Gasteiger partial charge >= 0.3 is 0 Å². The van der Waals surface area contributed by atoms with Crippen LogP contribution in [0.15, 0.2) is 0 Å². The summed E-state index contributed by atoms with van der Waals surface area (Å²) in [6, 6.07) is 0. The molecule has 2 heteroatoms. The van der Waals surface area contributed by atoms with Gasteiger partial charge in [0.15, 0.2) is 0 Å². The van der Waals surface area contributed by atoms with Crippen LogP contribution in [0.4, 0.5) is 0 Å². The fraction of sp³-hybridized carbons (Fsp3) is 0.889. The summed E-state index contributed by atoms with van der Waals surface area (Å²) >= 11 is 0. The Kier molecular flexibility index (Phi) is 1.37. The molecule has 2 fully saturated rings. The molecule has 0 aliphatic heterocycles. The van der Waals surface area contributed by atoms with E-state index in [4.69, 9.17) is 4.74 Å². The summed E-state index contributed by atoms with van der Waals surface area (Å²) in [5, 5.41) is 0. The molecular formula is C9H14O2. The minimum absolute atomic E-state index is 0.0197. The summed E-state index contributed by atoms with van der Waals surface area (Å²) in [5.74, 6) is 0.593. The van der Waals surface area contributed by atoms with E-state index in [0.717, 1.165) is 12.8 Å². The fourth-order valence-corrected chi connectivity index (χ4v) is 2.63. The van der Waals surface area contributed by atoms with Crippen molar-refractivity contribution in [3.05, 3.63) is 0 Å². The first-order chi connectivity index (χ1) is 5.22. The highest BCUT2D eigenvalue weighted by molar-refractivity contribution is 5.95. The summed E-state index contributed by atoms with van der Waals surface area (Å²) in [5.41, 5.74) is -0.0197. The minimum Gasteiger partial charge on any atom is -0.380 e. The van der Waals surface area contributed by atoms with Crippen molar-refractivity contribution in [3.63, 3.8) is 0 Å². The van der Waals surface area contributed by atoms with Crippen molar-refractivity contribution < 1.29 is 9.53 Å². The van der Waals surface area contributed by atoms with E-state index >= 15 is 0 Å². The number of ether oxygens (including phenoxy) is 1. The summed E-state index contributed by atoms with van der Waals surface area (Å²) in [6.07, 6.45) is 3.56. The van der Waals surface area contributed by atoms with E-state index in [1.54, 1.807) is 7.11 Å². The van der Waals surface area contributed by atoms with E-state index in [-0.39, 0.29) is 17.4 Å². The molecule has 2 aliphatic rings. The Morgan fingerprint density at radius 3 is 2.45 bits per heavy atom. The van der Waals surface area contributed by atoms with Crippen molar-refractivity contribution in [2.45, 2.75) is 32.3 Å². The predicted molar refractivity (Wildman–Crippen MR) is 41.3 cm³/mol. The summed E-state index contributed by atoms with van der Waals surface area (Å²) < 4.78 is 5.31. The molecular weight excluding hydrogens is 140 g/mol. The number of carbonyl (C=O) groups excluding carboxylic acids is 1. The standard InChI is InChI=1S/C9H14O2/c1-6-7(10)9(4-3-5-9)8(6)11-2/h6,8H,3-5H2,1-2H3/t6-,8+/m0/s1. The van der Waals surface area contributed by atoms with Gasteiger partial charge in [0.1, 0.15) is 5.78 Å². The second-order valence-electron chi connectivity index (χ2n) is 3.82. The number of rotatable bonds is 1. The van der Waals surface area contributed by atoms with Crippen LogP contribution in [0.3, 0.4) is 0 Å². The molecule has 11 heavy (non-hydrogen) atoms. The van der Waals surface area contributed by atoms with Crippen LogP contribution in [-0.4, -0.2) is 19.0 Å². The molecule has 0 aromatic rings. The van der Waals surface area contributed by atoms with Gasteiger partial charge < -0.3 is 4.74 Å². The second-order valence-corrected chi connectivity index (χ2v) is 3.82. The molecule has 0 aromatic heterocycles. The maximum atomic E-state index is 11.5. The van der Waals surface area contributed by atoms with Gasteiger partial charge in [-0.05, 0) is 12.8 Å². The van der Waals surface area contributed by atoms with Crippen molar-refractivity contribution >= 4 is 5.78 Å². The molecule has 0 saturated heterocycles. The molecule has 2 nitrogen and oxygen atoms in total. The number of methoxy groups -OCH3 is 1. The van der Waals surface area contributed by atoms with E-state index in [1.807, 2.05) is 6.92 Å². The normalized spacial score (nSPS) is 40.0. The van der Waals surface area contributed by atoms with Gasteiger partial charge in [0.05, 0.1) is 11.5 Å². The largest absolute Gasteiger partial charge is 0.380 e. The van der Waals surface area contributed by atoms with Crippen molar-refractivity contribution in [2.75, 3.05) is 7.11 Å². The van der Waals surface area contributed by atoms with Crippen LogP contribution in [0.2, 0.25) is 0 Å². The van der Waals surface area contributed by atoms with Gasteiger partial charge in [-0.1, -0.05) is 13.3 Å². The van der Waals surface area contributed by atoms with Gasteiger partial charge in [0, 0.05) is 13.0 Å². The third-order valence-corrected chi connectivity index (χ3v) is 3.40. The molecule has 0 radical (unpaired) electrons. The Morgan fingerprint density at radius 2 is 2.18 bits per heavy atom. The second kappa shape index (κ2) is 2.07. The van der Waals surface area contributed by atoms with Crippen molar-refractivity contribution in [1.82, 2.24) is 0 Å². The van der Waals surface area contributed by atoms with Crippen LogP contribution in [0.1, 0.15) is 26.2 Å². The highest BCUT2D eigenvalue weighted by Crippen LogP contribution is 2.56. The molecule has 0 unspecified atom stereocenters. The Morgan fingerprint density at radius 1 is 1.55 bits per heavy atom. The highest BCUT2D eigenvalue weighted by Gasteiger charge is 2.62. The van der Waals surface area contributed by atoms with Gasteiger partial charge in [-0.3, -0.25) is 4.79 Å². The first-order valence-corrected chi connectivity index (χ1v) is 4.29. The van der Waals surface area contributed by atoms with Crippen molar-refractivity contribution in [3.8, 4) is 0 Å². The molecule has 62 valence electrons. The molecule has 0 heterocycles. The van der Waals surface area contributed by atoms with E-state index in [1.165, 1.54) is 6.42 Å². The fourth-order valence-electron chi connectivity index (χ4n) is 2.63. The van der Waals surface area contributed by atoms with Crippen LogP contribution in [0.5, 0.6) is 0 Å². The average molecular weight is 154 g/mol. The third kappa shape index (κ3) is 0.639. The van der Waals surface area contributed by atoms with Crippen LogP contribution < -0.4 is 0 Å². The molecule has 0 bridgehead atoms. The zero-order chi connectivity index (χ0) is 8.06. The highest BCUT2D eigenvalue weighted by atomic mass is 16.5. The lowest BCUT2D eigenvalue weighted by Crippen LogP contribution is -2.64. The molecule has 2 saturated carbocycles. The van der Waals surface area contributed by atoms with Crippen LogP contribution in [0.25, 0.3) is 0 Å². The van der Waals surface area contributed by atoms with Gasteiger partial charge in [-0.2, -0.15) is 0 Å². The third-order valence-electron chi connectivity index (χ3n) is 3.40. The van der Waals surface area contributed by atoms with E-state index < -0.39 is 0 Å². The molecule has 2 aliphatic carbocycles. The molecule has 0 amide bonds. The lowest BCUT2D eigenvalue weighted by atomic mass is 9.49. The van der Waals surface area contributed by atoms with E-state index in [2.05, 4.69) is 0 Å². The average Bonchev–Trinajstić information content (AvgIpc) is 1.93. The maximum absolute atomic E-state index is 11.5. The quantitative estimate of drug-likeness (QED) is 0.570. The number of ketones is 1. The van der Waals surface area contributed by atoms with Gasteiger partial charge in [0.2, 0.25) is 0 Å². The van der Waals surface area contributed by atoms with E-state index in [0.29, 0.717) is 5.78 Å². The smallest absolute Gasteiger partial charge is 0.147 e. The molecule has 0 N–H and O–H groups in total. The number of hydrogen-bond donors (Lipinski definition) is 0. The number of Topliss-reactive ketones (excluding diaryl/α,β-unsaturated/α-hetero) is 1.